The van der Waals surface area contributed by atoms with Crippen LogP contribution < -0.4 is 0 Å². The molecule has 0 radical (unpaired) electrons. The minimum atomic E-state index is -0.315. The number of carbonyl (C=O) groups excluding carboxylic acids is 2. The van der Waals surface area contributed by atoms with Gasteiger partial charge in [-0.1, -0.05) is 30.3 Å². The van der Waals surface area contributed by atoms with Crippen molar-refractivity contribution < 1.29 is 9.59 Å². The van der Waals surface area contributed by atoms with Crippen LogP contribution in [0, 0.1) is 0 Å². The van der Waals surface area contributed by atoms with Gasteiger partial charge in [0.2, 0.25) is 0 Å². The SMILES string of the molecule is CN=C(/C=C(\C(C)=O)C(=O)N(C)C)c1ccccc1. The van der Waals surface area contributed by atoms with Crippen LogP contribution in [0.1, 0.15) is 12.5 Å². The van der Waals surface area contributed by atoms with Gasteiger partial charge in [-0.2, -0.15) is 0 Å². The highest BCUT2D eigenvalue weighted by atomic mass is 16.2. The average molecular weight is 258 g/mol. The Hall–Kier alpha value is -2.23. The van der Waals surface area contributed by atoms with Crippen LogP contribution in [-0.4, -0.2) is 43.4 Å². The number of aliphatic imine (C=N–C) groups is 1. The lowest BCUT2D eigenvalue weighted by Crippen LogP contribution is -2.27. The van der Waals surface area contributed by atoms with E-state index in [0.717, 1.165) is 5.56 Å². The Morgan fingerprint density at radius 3 is 2.16 bits per heavy atom. The van der Waals surface area contributed by atoms with E-state index in [1.807, 2.05) is 30.3 Å². The summed E-state index contributed by atoms with van der Waals surface area (Å²) in [7, 11) is 4.87. The predicted octanol–water partition coefficient (Wildman–Crippen LogP) is 1.71. The Morgan fingerprint density at radius 1 is 1.16 bits per heavy atom. The second-order valence-electron chi connectivity index (χ2n) is 4.29. The quantitative estimate of drug-likeness (QED) is 0.357. The van der Waals surface area contributed by atoms with E-state index in [2.05, 4.69) is 4.99 Å². The Morgan fingerprint density at radius 2 is 1.74 bits per heavy atom. The molecule has 0 spiro atoms. The number of benzene rings is 1. The van der Waals surface area contributed by atoms with E-state index in [1.54, 1.807) is 27.2 Å². The first-order valence-corrected chi connectivity index (χ1v) is 5.94. The maximum atomic E-state index is 11.9. The molecule has 0 saturated carbocycles. The molecular weight excluding hydrogens is 240 g/mol. The Bertz CT molecular complexity index is 528. The van der Waals surface area contributed by atoms with Gasteiger partial charge >= 0.3 is 0 Å². The molecule has 4 heteroatoms. The second-order valence-corrected chi connectivity index (χ2v) is 4.29. The number of hydrogen-bond donors (Lipinski definition) is 0. The van der Waals surface area contributed by atoms with Crippen LogP contribution in [0.5, 0.6) is 0 Å². The van der Waals surface area contributed by atoms with Crippen LogP contribution in [0.15, 0.2) is 47.0 Å². The van der Waals surface area contributed by atoms with Gasteiger partial charge in [-0.25, -0.2) is 0 Å². The zero-order valence-electron chi connectivity index (χ0n) is 11.7. The van der Waals surface area contributed by atoms with E-state index in [-0.39, 0.29) is 17.3 Å². The zero-order valence-corrected chi connectivity index (χ0v) is 11.7. The fourth-order valence-electron chi connectivity index (χ4n) is 1.58. The van der Waals surface area contributed by atoms with E-state index in [0.29, 0.717) is 5.71 Å². The first-order chi connectivity index (χ1) is 8.97. The van der Waals surface area contributed by atoms with E-state index >= 15 is 0 Å². The first-order valence-electron chi connectivity index (χ1n) is 5.94. The summed E-state index contributed by atoms with van der Waals surface area (Å²) in [5.41, 5.74) is 1.62. The lowest BCUT2D eigenvalue weighted by atomic mass is 10.0. The highest BCUT2D eigenvalue weighted by molar-refractivity contribution is 6.24. The predicted molar refractivity (Wildman–Crippen MR) is 76.4 cm³/mol. The molecule has 0 aliphatic heterocycles. The summed E-state index contributed by atoms with van der Waals surface area (Å²) in [6.45, 7) is 1.38. The number of nitrogens with zero attached hydrogens (tertiary/aromatic N) is 2. The number of carbonyl (C=O) groups is 2. The molecule has 0 saturated heterocycles. The van der Waals surface area contributed by atoms with Gasteiger partial charge in [0.1, 0.15) is 0 Å². The molecule has 1 rings (SSSR count). The van der Waals surface area contributed by atoms with E-state index in [1.165, 1.54) is 11.8 Å². The van der Waals surface area contributed by atoms with Crippen molar-refractivity contribution in [3.63, 3.8) is 0 Å². The normalized spacial score (nSPS) is 12.2. The van der Waals surface area contributed by atoms with Crippen molar-refractivity contribution in [1.82, 2.24) is 4.90 Å². The number of ketones is 1. The molecule has 0 aromatic heterocycles. The van der Waals surface area contributed by atoms with Crippen LogP contribution in [0.3, 0.4) is 0 Å². The summed E-state index contributed by atoms with van der Waals surface area (Å²) in [5.74, 6) is -0.583. The van der Waals surface area contributed by atoms with Gasteiger partial charge in [0.25, 0.3) is 5.91 Å². The molecule has 4 nitrogen and oxygen atoms in total. The third-order valence-electron chi connectivity index (χ3n) is 2.61. The van der Waals surface area contributed by atoms with Crippen LogP contribution in [0.4, 0.5) is 0 Å². The van der Waals surface area contributed by atoms with Crippen molar-refractivity contribution in [2.24, 2.45) is 4.99 Å². The smallest absolute Gasteiger partial charge is 0.257 e. The van der Waals surface area contributed by atoms with Crippen LogP contribution in [0.25, 0.3) is 0 Å². The molecule has 0 atom stereocenters. The molecule has 0 fully saturated rings. The third kappa shape index (κ3) is 3.88. The summed E-state index contributed by atoms with van der Waals surface area (Å²) in [6.07, 6.45) is 1.54. The highest BCUT2D eigenvalue weighted by Crippen LogP contribution is 2.08. The number of Topliss-reactive ketones (excluding diaryl/α,β-unsaturated/α-hetero) is 1. The Balaban J connectivity index is 3.21. The van der Waals surface area contributed by atoms with E-state index in [4.69, 9.17) is 0 Å². The van der Waals surface area contributed by atoms with E-state index in [9.17, 15) is 9.59 Å². The molecule has 0 unspecified atom stereocenters. The minimum Gasteiger partial charge on any atom is -0.345 e. The van der Waals surface area contributed by atoms with Crippen molar-refractivity contribution >= 4 is 17.4 Å². The number of amides is 1. The average Bonchev–Trinajstić information content (AvgIpc) is 2.39. The van der Waals surface area contributed by atoms with Crippen molar-refractivity contribution in [3.8, 4) is 0 Å². The van der Waals surface area contributed by atoms with Gasteiger partial charge in [0.05, 0.1) is 11.3 Å². The molecule has 0 N–H and O–H groups in total. The lowest BCUT2D eigenvalue weighted by molar-refractivity contribution is -0.127. The van der Waals surface area contributed by atoms with Crippen molar-refractivity contribution in [2.45, 2.75) is 6.92 Å². The topological polar surface area (TPSA) is 49.7 Å². The fourth-order valence-corrected chi connectivity index (χ4v) is 1.58. The summed E-state index contributed by atoms with van der Waals surface area (Å²) in [4.78, 5) is 29.1. The molecular formula is C15H18N2O2. The van der Waals surface area contributed by atoms with Gasteiger partial charge in [0.15, 0.2) is 5.78 Å². The number of rotatable bonds is 4. The molecule has 0 aliphatic rings. The molecule has 19 heavy (non-hydrogen) atoms. The monoisotopic (exact) mass is 258 g/mol. The van der Waals surface area contributed by atoms with Crippen molar-refractivity contribution in [2.75, 3.05) is 21.1 Å². The summed E-state index contributed by atoms with van der Waals surface area (Å²) in [6, 6.07) is 9.44. The van der Waals surface area contributed by atoms with Crippen LogP contribution in [0.2, 0.25) is 0 Å². The Kier molecular flexibility index (Phi) is 5.18. The molecule has 0 bridgehead atoms. The molecule has 1 aromatic rings. The summed E-state index contributed by atoms with van der Waals surface area (Å²) in [5, 5.41) is 0. The van der Waals surface area contributed by atoms with Crippen molar-refractivity contribution in [1.29, 1.82) is 0 Å². The van der Waals surface area contributed by atoms with Gasteiger partial charge < -0.3 is 4.90 Å². The van der Waals surface area contributed by atoms with Gasteiger partial charge in [-0.15, -0.1) is 0 Å². The molecule has 1 amide bonds. The standard InChI is InChI=1S/C15H18N2O2/c1-11(18)13(15(19)17(3)4)10-14(16-2)12-8-6-5-7-9-12/h5-10H,1-4H3/b13-10+,16-14?. The molecule has 1 aromatic carbocycles. The maximum absolute atomic E-state index is 11.9. The maximum Gasteiger partial charge on any atom is 0.257 e. The fraction of sp³-hybridized carbons (Fsp3) is 0.267. The van der Waals surface area contributed by atoms with Gasteiger partial charge in [-0.3, -0.25) is 14.6 Å². The largest absolute Gasteiger partial charge is 0.345 e. The van der Waals surface area contributed by atoms with Crippen LogP contribution >= 0.6 is 0 Å². The number of hydrogen-bond acceptors (Lipinski definition) is 3. The lowest BCUT2D eigenvalue weighted by Gasteiger charge is -2.12. The van der Waals surface area contributed by atoms with Gasteiger partial charge in [-0.05, 0) is 18.6 Å². The molecule has 100 valence electrons. The third-order valence-corrected chi connectivity index (χ3v) is 2.61. The number of allylic oxidation sites excluding steroid dienone is 1. The highest BCUT2D eigenvalue weighted by Gasteiger charge is 2.17. The van der Waals surface area contributed by atoms with Crippen LogP contribution in [-0.2, 0) is 9.59 Å². The van der Waals surface area contributed by atoms with Crippen molar-refractivity contribution in [3.05, 3.63) is 47.5 Å². The Labute approximate surface area is 113 Å². The van der Waals surface area contributed by atoms with E-state index < -0.39 is 0 Å². The van der Waals surface area contributed by atoms with Gasteiger partial charge in [0, 0.05) is 21.1 Å². The second kappa shape index (κ2) is 6.64. The minimum absolute atomic E-state index is 0.134. The summed E-state index contributed by atoms with van der Waals surface area (Å²) >= 11 is 0. The zero-order chi connectivity index (χ0) is 14.4. The number of likely N-dealkylation sites (N-methyl/N-ethyl adjacent to an activating group) is 1. The molecule has 0 heterocycles. The first kappa shape index (κ1) is 14.8. The molecule has 0 aliphatic carbocycles. The summed E-state index contributed by atoms with van der Waals surface area (Å²) < 4.78 is 0.